The number of nitrogen functional groups attached to an aromatic ring is 2. The fourth-order valence-electron chi connectivity index (χ4n) is 1.51. The van der Waals surface area contributed by atoms with Crippen LogP contribution in [-0.4, -0.2) is 19.2 Å². The maximum absolute atomic E-state index is 5.94. The molecule has 1 atom stereocenters. The number of ether oxygens (including phenoxy) is 2. The van der Waals surface area contributed by atoms with Crippen LogP contribution in [-0.2, 0) is 4.74 Å². The number of rotatable bonds is 1. The molecule has 0 aromatic heterocycles. The largest absolute Gasteiger partial charge is 0.461 e. The fraction of sp³-hybridized carbons (Fsp3) is 0.400. The number of benzene rings is 1. The zero-order valence-electron chi connectivity index (χ0n) is 8.74. The first kappa shape index (κ1) is 10.4. The summed E-state index contributed by atoms with van der Waals surface area (Å²) >= 11 is 1.62. The fourth-order valence-corrected chi connectivity index (χ4v) is 2.53. The topological polar surface area (TPSA) is 70.5 Å². The first-order valence-electron chi connectivity index (χ1n) is 4.64. The Bertz CT molecular complexity index is 395. The summed E-state index contributed by atoms with van der Waals surface area (Å²) < 4.78 is 10.8. The molecule has 82 valence electrons. The predicted molar refractivity (Wildman–Crippen MR) is 62.2 cm³/mol. The number of hydrogen-bond acceptors (Lipinski definition) is 5. The summed E-state index contributed by atoms with van der Waals surface area (Å²) in [6, 6.07) is 1.87. The van der Waals surface area contributed by atoms with E-state index in [1.807, 2.05) is 13.0 Å². The zero-order valence-corrected chi connectivity index (χ0v) is 9.56. The van der Waals surface area contributed by atoms with E-state index in [2.05, 4.69) is 0 Å². The highest BCUT2D eigenvalue weighted by atomic mass is 32.2. The van der Waals surface area contributed by atoms with Gasteiger partial charge in [-0.3, -0.25) is 0 Å². The molecular weight excluding hydrogens is 212 g/mol. The van der Waals surface area contributed by atoms with Gasteiger partial charge in [0.05, 0.1) is 16.3 Å². The van der Waals surface area contributed by atoms with E-state index >= 15 is 0 Å². The number of methoxy groups -OCH3 is 1. The van der Waals surface area contributed by atoms with Crippen LogP contribution in [0.4, 0.5) is 11.4 Å². The normalized spacial score (nSPS) is 19.5. The SMILES string of the molecule is COC1CSc2c(N)cc(C)c(N)c2O1. The van der Waals surface area contributed by atoms with Crippen LogP contribution in [0.15, 0.2) is 11.0 Å². The van der Waals surface area contributed by atoms with E-state index in [0.717, 1.165) is 21.9 Å². The molecule has 0 bridgehead atoms. The average Bonchev–Trinajstić information content (AvgIpc) is 2.25. The van der Waals surface area contributed by atoms with E-state index in [1.54, 1.807) is 18.9 Å². The van der Waals surface area contributed by atoms with Gasteiger partial charge >= 0.3 is 0 Å². The quantitative estimate of drug-likeness (QED) is 0.712. The third-order valence-electron chi connectivity index (χ3n) is 2.39. The summed E-state index contributed by atoms with van der Waals surface area (Å²) in [6.45, 7) is 1.91. The number of thioether (sulfide) groups is 1. The zero-order chi connectivity index (χ0) is 11.0. The van der Waals surface area contributed by atoms with Gasteiger partial charge in [0.1, 0.15) is 0 Å². The van der Waals surface area contributed by atoms with Crippen molar-refractivity contribution in [2.75, 3.05) is 24.3 Å². The molecule has 2 rings (SSSR count). The van der Waals surface area contributed by atoms with Crippen LogP contribution in [0.1, 0.15) is 5.56 Å². The molecule has 1 aliphatic rings. The summed E-state index contributed by atoms with van der Waals surface area (Å²) in [7, 11) is 1.62. The maximum Gasteiger partial charge on any atom is 0.209 e. The molecule has 0 radical (unpaired) electrons. The Morgan fingerprint density at radius 1 is 1.53 bits per heavy atom. The lowest BCUT2D eigenvalue weighted by Crippen LogP contribution is -2.26. The van der Waals surface area contributed by atoms with Crippen molar-refractivity contribution in [1.82, 2.24) is 0 Å². The molecule has 1 aliphatic heterocycles. The van der Waals surface area contributed by atoms with Gasteiger partial charge in [0, 0.05) is 12.8 Å². The molecular formula is C10H14N2O2S. The third kappa shape index (κ3) is 1.72. The van der Waals surface area contributed by atoms with E-state index in [0.29, 0.717) is 11.4 Å². The van der Waals surface area contributed by atoms with Crippen molar-refractivity contribution in [3.05, 3.63) is 11.6 Å². The summed E-state index contributed by atoms with van der Waals surface area (Å²) in [5.74, 6) is 1.39. The standard InChI is InChI=1S/C10H14N2O2S/c1-5-3-6(11)10-9(8(5)12)14-7(13-2)4-15-10/h3,7H,4,11-12H2,1-2H3. The lowest BCUT2D eigenvalue weighted by atomic mass is 10.1. The summed E-state index contributed by atoms with van der Waals surface area (Å²) in [6.07, 6.45) is -0.244. The predicted octanol–water partition coefficient (Wildman–Crippen LogP) is 1.62. The highest BCUT2D eigenvalue weighted by Gasteiger charge is 2.24. The van der Waals surface area contributed by atoms with Crippen LogP contribution in [0.3, 0.4) is 0 Å². The van der Waals surface area contributed by atoms with Crippen molar-refractivity contribution >= 4 is 23.1 Å². The van der Waals surface area contributed by atoms with Gasteiger partial charge in [-0.1, -0.05) is 0 Å². The molecule has 5 heteroatoms. The summed E-state index contributed by atoms with van der Waals surface area (Å²) in [4.78, 5) is 0.923. The van der Waals surface area contributed by atoms with Crippen molar-refractivity contribution in [3.8, 4) is 5.75 Å². The lowest BCUT2D eigenvalue weighted by molar-refractivity contribution is -0.0380. The molecule has 0 aliphatic carbocycles. The molecule has 15 heavy (non-hydrogen) atoms. The molecule has 1 aromatic carbocycles. The van der Waals surface area contributed by atoms with E-state index in [4.69, 9.17) is 20.9 Å². The Labute approximate surface area is 92.9 Å². The molecule has 1 heterocycles. The molecule has 0 amide bonds. The van der Waals surface area contributed by atoms with Gasteiger partial charge in [-0.15, -0.1) is 11.8 Å². The number of nitrogens with two attached hydrogens (primary N) is 2. The second-order valence-corrected chi connectivity index (χ2v) is 4.48. The Balaban J connectivity index is 2.48. The third-order valence-corrected chi connectivity index (χ3v) is 3.53. The maximum atomic E-state index is 5.94. The monoisotopic (exact) mass is 226 g/mol. The summed E-state index contributed by atoms with van der Waals surface area (Å²) in [5, 5.41) is 0. The van der Waals surface area contributed by atoms with E-state index in [9.17, 15) is 0 Å². The van der Waals surface area contributed by atoms with Crippen LogP contribution < -0.4 is 16.2 Å². The number of hydrogen-bond donors (Lipinski definition) is 2. The highest BCUT2D eigenvalue weighted by molar-refractivity contribution is 7.99. The van der Waals surface area contributed by atoms with Gasteiger partial charge < -0.3 is 20.9 Å². The Morgan fingerprint density at radius 3 is 2.93 bits per heavy atom. The Kier molecular flexibility index (Phi) is 2.67. The molecule has 0 spiro atoms. The number of anilines is 2. The van der Waals surface area contributed by atoms with Gasteiger partial charge in [-0.2, -0.15) is 0 Å². The molecule has 1 unspecified atom stereocenters. The smallest absolute Gasteiger partial charge is 0.209 e. The van der Waals surface area contributed by atoms with Crippen molar-refractivity contribution in [2.45, 2.75) is 18.1 Å². The first-order valence-corrected chi connectivity index (χ1v) is 5.63. The molecule has 0 fully saturated rings. The molecule has 1 aromatic rings. The van der Waals surface area contributed by atoms with Gasteiger partial charge in [0.25, 0.3) is 0 Å². The van der Waals surface area contributed by atoms with Gasteiger partial charge in [-0.05, 0) is 18.6 Å². The Morgan fingerprint density at radius 2 is 2.27 bits per heavy atom. The molecule has 0 saturated heterocycles. The first-order chi connectivity index (χ1) is 7.13. The molecule has 4 N–H and O–H groups in total. The highest BCUT2D eigenvalue weighted by Crippen LogP contribution is 2.44. The van der Waals surface area contributed by atoms with Crippen LogP contribution >= 0.6 is 11.8 Å². The number of fused-ring (bicyclic) bond motifs is 1. The van der Waals surface area contributed by atoms with E-state index in [-0.39, 0.29) is 6.29 Å². The van der Waals surface area contributed by atoms with E-state index in [1.165, 1.54) is 0 Å². The minimum Gasteiger partial charge on any atom is -0.461 e. The lowest BCUT2D eigenvalue weighted by Gasteiger charge is -2.27. The van der Waals surface area contributed by atoms with Crippen LogP contribution in [0.25, 0.3) is 0 Å². The number of aryl methyl sites for hydroxylation is 1. The second kappa shape index (κ2) is 3.83. The van der Waals surface area contributed by atoms with Crippen molar-refractivity contribution < 1.29 is 9.47 Å². The molecule has 0 saturated carbocycles. The van der Waals surface area contributed by atoms with Crippen LogP contribution in [0.2, 0.25) is 0 Å². The van der Waals surface area contributed by atoms with Gasteiger partial charge in [0.15, 0.2) is 5.75 Å². The average molecular weight is 226 g/mol. The summed E-state index contributed by atoms with van der Waals surface area (Å²) in [5.41, 5.74) is 14.1. The Hall–Kier alpha value is -1.07. The second-order valence-electron chi connectivity index (χ2n) is 3.45. The van der Waals surface area contributed by atoms with Crippen molar-refractivity contribution in [3.63, 3.8) is 0 Å². The van der Waals surface area contributed by atoms with Gasteiger partial charge in [-0.25, -0.2) is 0 Å². The van der Waals surface area contributed by atoms with Crippen molar-refractivity contribution in [2.24, 2.45) is 0 Å². The molecule has 4 nitrogen and oxygen atoms in total. The van der Waals surface area contributed by atoms with E-state index < -0.39 is 0 Å². The minimum atomic E-state index is -0.244. The van der Waals surface area contributed by atoms with Crippen LogP contribution in [0, 0.1) is 6.92 Å². The van der Waals surface area contributed by atoms with Crippen molar-refractivity contribution in [1.29, 1.82) is 0 Å². The minimum absolute atomic E-state index is 0.244. The van der Waals surface area contributed by atoms with Gasteiger partial charge in [0.2, 0.25) is 6.29 Å². The van der Waals surface area contributed by atoms with Crippen LogP contribution in [0.5, 0.6) is 5.75 Å².